The van der Waals surface area contributed by atoms with Crippen LogP contribution in [0.5, 0.6) is 0 Å². The zero-order valence-corrected chi connectivity index (χ0v) is 15.9. The molecule has 1 aliphatic rings. The molecule has 1 fully saturated rings. The summed E-state index contributed by atoms with van der Waals surface area (Å²) in [7, 11) is 0. The lowest BCUT2D eigenvalue weighted by atomic mass is 9.90. The van der Waals surface area contributed by atoms with E-state index in [4.69, 9.17) is 0 Å². The van der Waals surface area contributed by atoms with Gasteiger partial charge in [-0.2, -0.15) is 0 Å². The summed E-state index contributed by atoms with van der Waals surface area (Å²) in [5.74, 6) is 0.264. The number of imidazole rings is 1. The van der Waals surface area contributed by atoms with E-state index >= 15 is 0 Å². The van der Waals surface area contributed by atoms with Gasteiger partial charge in [-0.15, -0.1) is 0 Å². The van der Waals surface area contributed by atoms with E-state index in [9.17, 15) is 9.59 Å². The highest BCUT2D eigenvalue weighted by molar-refractivity contribution is 5.82. The van der Waals surface area contributed by atoms with Crippen molar-refractivity contribution in [3.05, 3.63) is 36.3 Å². The number of aromatic nitrogens is 2. The van der Waals surface area contributed by atoms with Gasteiger partial charge in [-0.3, -0.25) is 9.59 Å². The SMILES string of the molecule is CC(C)(C)C(=O)N1CCC(C(=O)NCCc2cn3ccccc3n2)CC1. The molecule has 6 heteroatoms. The number of pyridine rings is 1. The van der Waals surface area contributed by atoms with Crippen LogP contribution < -0.4 is 5.32 Å². The number of hydrogen-bond acceptors (Lipinski definition) is 3. The summed E-state index contributed by atoms with van der Waals surface area (Å²) in [6.45, 7) is 7.74. The average molecular weight is 356 g/mol. The minimum absolute atomic E-state index is 0.0000806. The molecule has 2 aromatic heterocycles. The summed E-state index contributed by atoms with van der Waals surface area (Å²) in [6, 6.07) is 5.90. The predicted octanol–water partition coefficient (Wildman–Crippen LogP) is 2.28. The first-order valence-electron chi connectivity index (χ1n) is 9.34. The van der Waals surface area contributed by atoms with Gasteiger partial charge in [0.2, 0.25) is 11.8 Å². The van der Waals surface area contributed by atoms with E-state index in [2.05, 4.69) is 10.3 Å². The van der Waals surface area contributed by atoms with E-state index in [-0.39, 0.29) is 23.1 Å². The number of nitrogens with one attached hydrogen (secondary N) is 1. The molecule has 3 rings (SSSR count). The van der Waals surface area contributed by atoms with Gasteiger partial charge in [0.1, 0.15) is 5.65 Å². The van der Waals surface area contributed by atoms with Gasteiger partial charge in [0.25, 0.3) is 0 Å². The Morgan fingerprint density at radius 1 is 1.23 bits per heavy atom. The Morgan fingerprint density at radius 3 is 2.62 bits per heavy atom. The van der Waals surface area contributed by atoms with Crippen LogP contribution in [0.1, 0.15) is 39.3 Å². The summed E-state index contributed by atoms with van der Waals surface area (Å²) >= 11 is 0. The number of carbonyl (C=O) groups is 2. The monoisotopic (exact) mass is 356 g/mol. The first kappa shape index (κ1) is 18.4. The highest BCUT2D eigenvalue weighted by Crippen LogP contribution is 2.23. The molecule has 1 saturated heterocycles. The van der Waals surface area contributed by atoms with E-state index in [0.717, 1.165) is 30.6 Å². The maximum atomic E-state index is 12.4. The lowest BCUT2D eigenvalue weighted by Crippen LogP contribution is -2.46. The normalized spacial score (nSPS) is 16.0. The molecule has 2 aromatic rings. The van der Waals surface area contributed by atoms with Gasteiger partial charge in [0, 0.05) is 49.8 Å². The molecule has 0 radical (unpaired) electrons. The number of likely N-dealkylation sites (tertiary alicyclic amines) is 1. The van der Waals surface area contributed by atoms with Gasteiger partial charge in [-0.05, 0) is 25.0 Å². The van der Waals surface area contributed by atoms with Crippen LogP contribution in [-0.4, -0.2) is 45.7 Å². The minimum atomic E-state index is -0.358. The molecule has 0 atom stereocenters. The second kappa shape index (κ2) is 7.48. The van der Waals surface area contributed by atoms with Crippen LogP contribution in [0.15, 0.2) is 30.6 Å². The van der Waals surface area contributed by atoms with Gasteiger partial charge in [-0.25, -0.2) is 4.98 Å². The molecule has 2 amide bonds. The average Bonchev–Trinajstić information content (AvgIpc) is 3.03. The van der Waals surface area contributed by atoms with Gasteiger partial charge < -0.3 is 14.6 Å². The van der Waals surface area contributed by atoms with Crippen molar-refractivity contribution in [1.82, 2.24) is 19.6 Å². The van der Waals surface area contributed by atoms with E-state index < -0.39 is 0 Å². The van der Waals surface area contributed by atoms with Gasteiger partial charge in [0.15, 0.2) is 0 Å². The molecule has 1 N–H and O–H groups in total. The Hall–Kier alpha value is -2.37. The topological polar surface area (TPSA) is 66.7 Å². The molecule has 0 unspecified atom stereocenters. The van der Waals surface area contributed by atoms with Crippen molar-refractivity contribution in [2.75, 3.05) is 19.6 Å². The smallest absolute Gasteiger partial charge is 0.227 e. The van der Waals surface area contributed by atoms with E-state index in [1.807, 2.05) is 60.7 Å². The lowest BCUT2D eigenvalue weighted by molar-refractivity contribution is -0.142. The second-order valence-corrected chi connectivity index (χ2v) is 8.06. The maximum Gasteiger partial charge on any atom is 0.227 e. The molecule has 0 bridgehead atoms. The van der Waals surface area contributed by atoms with E-state index in [1.54, 1.807) is 0 Å². The molecule has 0 aromatic carbocycles. The Morgan fingerprint density at radius 2 is 1.96 bits per heavy atom. The molecule has 0 spiro atoms. The zero-order valence-electron chi connectivity index (χ0n) is 15.9. The Balaban J connectivity index is 1.44. The summed E-state index contributed by atoms with van der Waals surface area (Å²) < 4.78 is 1.99. The highest BCUT2D eigenvalue weighted by Gasteiger charge is 2.32. The van der Waals surface area contributed by atoms with Gasteiger partial charge in [0.05, 0.1) is 5.69 Å². The standard InChI is InChI=1S/C20H28N4O2/c1-20(2,3)19(26)23-12-8-15(9-13-23)18(25)21-10-7-16-14-24-11-5-4-6-17(24)22-16/h4-6,11,14-15H,7-10,12-13H2,1-3H3,(H,21,25). The fourth-order valence-electron chi connectivity index (χ4n) is 3.38. The van der Waals surface area contributed by atoms with E-state index in [1.165, 1.54) is 0 Å². The van der Waals surface area contributed by atoms with Crippen LogP contribution in [0.25, 0.3) is 5.65 Å². The molecule has 0 saturated carbocycles. The minimum Gasteiger partial charge on any atom is -0.355 e. The number of piperidine rings is 1. The third-order valence-corrected chi connectivity index (χ3v) is 4.89. The predicted molar refractivity (Wildman–Crippen MR) is 101 cm³/mol. The Kier molecular flexibility index (Phi) is 5.30. The summed E-state index contributed by atoms with van der Waals surface area (Å²) in [5, 5.41) is 3.03. The largest absolute Gasteiger partial charge is 0.355 e. The third-order valence-electron chi connectivity index (χ3n) is 4.89. The van der Waals surface area contributed by atoms with Crippen molar-refractivity contribution in [3.8, 4) is 0 Å². The third kappa shape index (κ3) is 4.23. The Labute approximate surface area is 154 Å². The number of carbonyl (C=O) groups excluding carboxylic acids is 2. The number of nitrogens with zero attached hydrogens (tertiary/aromatic N) is 3. The molecule has 0 aliphatic carbocycles. The van der Waals surface area contributed by atoms with Gasteiger partial charge in [-0.1, -0.05) is 26.8 Å². The van der Waals surface area contributed by atoms with Crippen molar-refractivity contribution < 1.29 is 9.59 Å². The number of fused-ring (bicyclic) bond motifs is 1. The van der Waals surface area contributed by atoms with Crippen molar-refractivity contribution in [3.63, 3.8) is 0 Å². The molecular weight excluding hydrogens is 328 g/mol. The van der Waals surface area contributed by atoms with Crippen LogP contribution in [0.4, 0.5) is 0 Å². The zero-order chi connectivity index (χ0) is 18.7. The molecule has 6 nitrogen and oxygen atoms in total. The number of amides is 2. The second-order valence-electron chi connectivity index (χ2n) is 8.06. The van der Waals surface area contributed by atoms with Crippen molar-refractivity contribution in [1.29, 1.82) is 0 Å². The number of hydrogen-bond donors (Lipinski definition) is 1. The summed E-state index contributed by atoms with van der Waals surface area (Å²) in [6.07, 6.45) is 6.16. The number of rotatable bonds is 4. The van der Waals surface area contributed by atoms with Crippen LogP contribution in [0.2, 0.25) is 0 Å². The quantitative estimate of drug-likeness (QED) is 0.914. The first-order chi connectivity index (χ1) is 12.3. The van der Waals surface area contributed by atoms with Crippen LogP contribution in [0, 0.1) is 11.3 Å². The lowest BCUT2D eigenvalue weighted by Gasteiger charge is -2.35. The van der Waals surface area contributed by atoms with Crippen LogP contribution >= 0.6 is 0 Å². The van der Waals surface area contributed by atoms with Crippen molar-refractivity contribution in [2.45, 2.75) is 40.0 Å². The highest BCUT2D eigenvalue weighted by atomic mass is 16.2. The molecule has 3 heterocycles. The van der Waals surface area contributed by atoms with Crippen LogP contribution in [-0.2, 0) is 16.0 Å². The summed E-state index contributed by atoms with van der Waals surface area (Å²) in [5.41, 5.74) is 1.54. The fraction of sp³-hybridized carbons (Fsp3) is 0.550. The van der Waals surface area contributed by atoms with Gasteiger partial charge >= 0.3 is 0 Å². The molecule has 1 aliphatic heterocycles. The Bertz CT molecular complexity index is 749. The molecule has 140 valence electrons. The van der Waals surface area contributed by atoms with Crippen molar-refractivity contribution >= 4 is 17.5 Å². The molecule has 26 heavy (non-hydrogen) atoms. The molecular formula is C20H28N4O2. The van der Waals surface area contributed by atoms with Crippen molar-refractivity contribution in [2.24, 2.45) is 11.3 Å². The van der Waals surface area contributed by atoms with Crippen LogP contribution in [0.3, 0.4) is 0 Å². The van der Waals surface area contributed by atoms with E-state index in [0.29, 0.717) is 19.6 Å². The maximum absolute atomic E-state index is 12.4. The summed E-state index contributed by atoms with van der Waals surface area (Å²) in [4.78, 5) is 31.1. The first-order valence-corrected chi connectivity index (χ1v) is 9.34. The fourth-order valence-corrected chi connectivity index (χ4v) is 3.38.